The molecule has 1 spiro atoms. The summed E-state index contributed by atoms with van der Waals surface area (Å²) >= 11 is 0. The summed E-state index contributed by atoms with van der Waals surface area (Å²) in [6.45, 7) is 5.26. The normalized spacial score (nSPS) is 23.5. The molecule has 126 valence electrons. The minimum atomic E-state index is -0.676. The molecule has 3 heterocycles. The predicted molar refractivity (Wildman–Crippen MR) is 87.7 cm³/mol. The van der Waals surface area contributed by atoms with Crippen molar-refractivity contribution >= 4 is 0 Å². The van der Waals surface area contributed by atoms with Crippen molar-refractivity contribution in [3.8, 4) is 0 Å². The zero-order chi connectivity index (χ0) is 16.7. The number of likely N-dealkylation sites (tertiary alicyclic amines) is 1. The lowest BCUT2D eigenvalue weighted by atomic mass is 10.0. The Morgan fingerprint density at radius 2 is 2.21 bits per heavy atom. The van der Waals surface area contributed by atoms with Crippen molar-refractivity contribution in [2.45, 2.75) is 38.6 Å². The van der Waals surface area contributed by atoms with Crippen molar-refractivity contribution in [3.63, 3.8) is 0 Å². The number of H-pyrrole nitrogens is 1. The first-order chi connectivity index (χ1) is 11.5. The molecule has 24 heavy (non-hydrogen) atoms. The van der Waals surface area contributed by atoms with Gasteiger partial charge >= 0.3 is 11.1 Å². The van der Waals surface area contributed by atoms with Crippen molar-refractivity contribution in [2.24, 2.45) is 0 Å². The summed E-state index contributed by atoms with van der Waals surface area (Å²) in [5.41, 5.74) is 0.903. The topological polar surface area (TPSA) is 80.2 Å². The fourth-order valence-corrected chi connectivity index (χ4v) is 3.67. The molecule has 4 rings (SSSR count). The second kappa shape index (κ2) is 5.68. The Morgan fingerprint density at radius 1 is 1.33 bits per heavy atom. The van der Waals surface area contributed by atoms with Gasteiger partial charge in [-0.15, -0.1) is 0 Å². The predicted octanol–water partition coefficient (Wildman–Crippen LogP) is 0.415. The van der Waals surface area contributed by atoms with Crippen molar-refractivity contribution in [1.29, 1.82) is 0 Å². The third kappa shape index (κ3) is 2.70. The molecule has 0 bridgehead atoms. The highest BCUT2D eigenvalue weighted by molar-refractivity contribution is 5.22. The van der Waals surface area contributed by atoms with Crippen LogP contribution in [0.5, 0.6) is 0 Å². The lowest BCUT2D eigenvalue weighted by Gasteiger charge is -2.34. The van der Waals surface area contributed by atoms with E-state index in [4.69, 9.17) is 4.74 Å². The summed E-state index contributed by atoms with van der Waals surface area (Å²) < 4.78 is 7.52. The molecule has 1 N–H and O–H groups in total. The molecule has 2 aromatic rings. The van der Waals surface area contributed by atoms with E-state index < -0.39 is 16.7 Å². The van der Waals surface area contributed by atoms with E-state index in [1.54, 1.807) is 0 Å². The van der Waals surface area contributed by atoms with Crippen LogP contribution in [-0.4, -0.2) is 38.4 Å². The van der Waals surface area contributed by atoms with Gasteiger partial charge in [0.15, 0.2) is 5.82 Å². The first-order valence-corrected chi connectivity index (χ1v) is 8.15. The van der Waals surface area contributed by atoms with Crippen LogP contribution in [0.4, 0.5) is 0 Å². The molecule has 0 amide bonds. The Kier molecular flexibility index (Phi) is 3.62. The lowest BCUT2D eigenvalue weighted by molar-refractivity contribution is -0.0853. The zero-order valence-corrected chi connectivity index (χ0v) is 13.6. The first kappa shape index (κ1) is 15.3. The average molecular weight is 328 g/mol. The molecule has 0 unspecified atom stereocenters. The van der Waals surface area contributed by atoms with Crippen molar-refractivity contribution in [1.82, 2.24) is 19.7 Å². The number of aromatic nitrogens is 3. The van der Waals surface area contributed by atoms with Gasteiger partial charge < -0.3 is 4.74 Å². The van der Waals surface area contributed by atoms with Gasteiger partial charge in [0.2, 0.25) is 0 Å². The minimum Gasteiger partial charge on any atom is -0.364 e. The molecule has 0 aliphatic carbocycles. The smallest absolute Gasteiger partial charge is 0.330 e. The van der Waals surface area contributed by atoms with E-state index in [1.165, 1.54) is 15.7 Å². The van der Waals surface area contributed by atoms with Gasteiger partial charge in [0.1, 0.15) is 12.2 Å². The number of hydrogen-bond donors (Lipinski definition) is 1. The molecule has 1 aromatic carbocycles. The third-order valence-corrected chi connectivity index (χ3v) is 4.88. The van der Waals surface area contributed by atoms with E-state index in [0.29, 0.717) is 12.4 Å². The number of aromatic amines is 1. The first-order valence-electron chi connectivity index (χ1n) is 8.15. The summed E-state index contributed by atoms with van der Waals surface area (Å²) in [6, 6.07) is 8.48. The fourth-order valence-electron chi connectivity index (χ4n) is 3.67. The summed E-state index contributed by atoms with van der Waals surface area (Å²) in [6.07, 6.45) is 0.845. The molecule has 2 aliphatic heterocycles. The van der Waals surface area contributed by atoms with Crippen LogP contribution in [0, 0.1) is 6.92 Å². The summed E-state index contributed by atoms with van der Waals surface area (Å²) in [4.78, 5) is 25.9. The van der Waals surface area contributed by atoms with Gasteiger partial charge in [-0.3, -0.25) is 19.1 Å². The number of aryl methyl sites for hydroxylation is 1. The average Bonchev–Trinajstić information content (AvgIpc) is 2.94. The van der Waals surface area contributed by atoms with Gasteiger partial charge in [-0.05, 0) is 18.9 Å². The lowest BCUT2D eigenvalue weighted by Crippen LogP contribution is -2.51. The maximum atomic E-state index is 12.1. The van der Waals surface area contributed by atoms with Crippen molar-refractivity contribution in [3.05, 3.63) is 61.9 Å². The van der Waals surface area contributed by atoms with Crippen LogP contribution < -0.4 is 11.1 Å². The molecule has 2 aliphatic rings. The maximum absolute atomic E-state index is 12.1. The number of fused-ring (bicyclic) bond motifs is 1. The highest BCUT2D eigenvalue weighted by atomic mass is 16.5. The Balaban J connectivity index is 1.53. The molecular formula is C17H20N4O3. The minimum absolute atomic E-state index is 0.254. The fraction of sp³-hybridized carbons (Fsp3) is 0.471. The van der Waals surface area contributed by atoms with E-state index >= 15 is 0 Å². The number of benzene rings is 1. The van der Waals surface area contributed by atoms with Crippen LogP contribution >= 0.6 is 0 Å². The Hall–Kier alpha value is -2.25. The molecular weight excluding hydrogens is 308 g/mol. The number of nitrogens with zero attached hydrogens (tertiary/aromatic N) is 3. The molecule has 0 radical (unpaired) electrons. The van der Waals surface area contributed by atoms with E-state index in [-0.39, 0.29) is 6.61 Å². The number of nitrogens with one attached hydrogen (secondary N) is 1. The monoisotopic (exact) mass is 328 g/mol. The molecule has 1 saturated heterocycles. The van der Waals surface area contributed by atoms with Crippen LogP contribution in [0.1, 0.15) is 23.4 Å². The van der Waals surface area contributed by atoms with Gasteiger partial charge in [-0.25, -0.2) is 5.10 Å². The highest BCUT2D eigenvalue weighted by Gasteiger charge is 2.42. The quantitative estimate of drug-likeness (QED) is 0.808. The van der Waals surface area contributed by atoms with Crippen LogP contribution in [0.3, 0.4) is 0 Å². The summed E-state index contributed by atoms with van der Waals surface area (Å²) in [5, 5.41) is 6.14. The molecule has 0 saturated carbocycles. The number of ether oxygens (including phenoxy) is 1. The molecule has 7 nitrogen and oxygen atoms in total. The van der Waals surface area contributed by atoms with Crippen LogP contribution in [0.15, 0.2) is 33.9 Å². The Morgan fingerprint density at radius 3 is 3.04 bits per heavy atom. The Labute approximate surface area is 138 Å². The van der Waals surface area contributed by atoms with Gasteiger partial charge in [-0.2, -0.15) is 5.10 Å². The molecule has 7 heteroatoms. The SMILES string of the molecule is Cc1cccc(CN2CC[C@]3(C2)Cn2c(n[nH]c(=O)c2=O)CO3)c1. The molecule has 1 aromatic heterocycles. The Bertz CT molecular complexity index is 888. The largest absolute Gasteiger partial charge is 0.364 e. The van der Waals surface area contributed by atoms with Crippen molar-refractivity contribution in [2.75, 3.05) is 13.1 Å². The van der Waals surface area contributed by atoms with Crippen LogP contribution in [0.2, 0.25) is 0 Å². The standard InChI is InChI=1S/C17H20N4O3/c1-12-3-2-4-13(7-12)8-20-6-5-17(10-20)11-21-14(9-24-17)18-19-15(22)16(21)23/h2-4,7H,5-6,8-11H2,1H3,(H,19,22)/t17-/m0/s1. The summed E-state index contributed by atoms with van der Waals surface area (Å²) in [7, 11) is 0. The van der Waals surface area contributed by atoms with E-state index in [1.807, 2.05) is 0 Å². The van der Waals surface area contributed by atoms with Crippen LogP contribution in [-0.2, 0) is 24.4 Å². The second-order valence-electron chi connectivity index (χ2n) is 6.78. The van der Waals surface area contributed by atoms with Gasteiger partial charge in [0.05, 0.1) is 6.54 Å². The third-order valence-electron chi connectivity index (χ3n) is 4.88. The molecule has 1 fully saturated rings. The van der Waals surface area contributed by atoms with Gasteiger partial charge in [-0.1, -0.05) is 29.8 Å². The molecule has 1 atom stereocenters. The second-order valence-corrected chi connectivity index (χ2v) is 6.78. The van der Waals surface area contributed by atoms with E-state index in [9.17, 15) is 9.59 Å². The van der Waals surface area contributed by atoms with E-state index in [2.05, 4.69) is 46.3 Å². The maximum Gasteiger partial charge on any atom is 0.330 e. The van der Waals surface area contributed by atoms with Gasteiger partial charge in [0.25, 0.3) is 0 Å². The number of hydrogen-bond acceptors (Lipinski definition) is 5. The summed E-state index contributed by atoms with van der Waals surface area (Å²) in [5.74, 6) is 0.488. The zero-order valence-electron chi connectivity index (χ0n) is 13.6. The highest BCUT2D eigenvalue weighted by Crippen LogP contribution is 2.31. The van der Waals surface area contributed by atoms with Crippen LogP contribution in [0.25, 0.3) is 0 Å². The van der Waals surface area contributed by atoms with Gasteiger partial charge in [0, 0.05) is 19.6 Å². The number of rotatable bonds is 2. The van der Waals surface area contributed by atoms with Crippen molar-refractivity contribution < 1.29 is 4.74 Å². The van der Waals surface area contributed by atoms with E-state index in [0.717, 1.165) is 26.1 Å².